The highest BCUT2D eigenvalue weighted by atomic mass is 32.2. The average Bonchev–Trinajstić information content (AvgIpc) is 3.64. The van der Waals surface area contributed by atoms with Crippen LogP contribution in [0.15, 0.2) is 77.7 Å². The summed E-state index contributed by atoms with van der Waals surface area (Å²) in [6.07, 6.45) is 4.61. The number of carbonyl (C=O) groups excluding carboxylic acids is 4. The van der Waals surface area contributed by atoms with E-state index < -0.39 is 68.8 Å². The van der Waals surface area contributed by atoms with Crippen molar-refractivity contribution in [2.24, 2.45) is 11.3 Å². The van der Waals surface area contributed by atoms with Crippen LogP contribution in [0.2, 0.25) is 0 Å². The second-order valence-corrected chi connectivity index (χ2v) is 18.7. The molecule has 3 fully saturated rings. The van der Waals surface area contributed by atoms with Gasteiger partial charge in [-0.1, -0.05) is 32.9 Å². The molecule has 1 saturated heterocycles. The summed E-state index contributed by atoms with van der Waals surface area (Å²) < 4.78 is 39.9. The van der Waals surface area contributed by atoms with Crippen molar-refractivity contribution in [2.45, 2.75) is 86.9 Å². The fourth-order valence-corrected chi connectivity index (χ4v) is 9.35. The molecule has 2 aliphatic carbocycles. The van der Waals surface area contributed by atoms with Crippen molar-refractivity contribution in [1.82, 2.24) is 45.4 Å². The van der Waals surface area contributed by atoms with Crippen LogP contribution in [0.25, 0.3) is 22.0 Å². The number of sulfonamides is 1. The van der Waals surface area contributed by atoms with E-state index in [1.165, 1.54) is 21.8 Å². The third kappa shape index (κ3) is 8.31. The Balaban J connectivity index is 1.14. The van der Waals surface area contributed by atoms with Gasteiger partial charge >= 0.3 is 6.09 Å². The van der Waals surface area contributed by atoms with Crippen molar-refractivity contribution in [2.75, 3.05) is 13.7 Å². The molecule has 0 unspecified atom stereocenters. The van der Waals surface area contributed by atoms with Crippen molar-refractivity contribution >= 4 is 45.2 Å². The van der Waals surface area contributed by atoms with Gasteiger partial charge in [0.05, 0.1) is 23.7 Å². The van der Waals surface area contributed by atoms with Gasteiger partial charge in [0.2, 0.25) is 17.6 Å². The number of ether oxygens (including phenoxy) is 2. The number of rotatable bonds is 13. The molecule has 2 saturated carbocycles. The summed E-state index contributed by atoms with van der Waals surface area (Å²) in [5.41, 5.74) is -1.25. The molecule has 0 bridgehead atoms. The monoisotopic (exact) mass is 831 g/mol. The lowest BCUT2D eigenvalue weighted by Gasteiger charge is -2.36. The Morgan fingerprint density at radius 1 is 1.07 bits per heavy atom. The Labute approximate surface area is 339 Å². The Morgan fingerprint density at radius 3 is 2.45 bits per heavy atom. The van der Waals surface area contributed by atoms with Gasteiger partial charge in [0.15, 0.2) is 0 Å². The maximum atomic E-state index is 14.6. The molecular weight excluding hydrogens is 787 g/mol. The van der Waals surface area contributed by atoms with Crippen LogP contribution in [0.5, 0.6) is 5.75 Å². The molecule has 19 heteroatoms. The van der Waals surface area contributed by atoms with E-state index in [9.17, 15) is 27.6 Å². The number of methoxy groups -OCH3 is 1. The Bertz CT molecular complexity index is 2310. The number of alkyl carbamates (subject to hydrolysis) is 1. The zero-order chi connectivity index (χ0) is 41.4. The summed E-state index contributed by atoms with van der Waals surface area (Å²) in [6.45, 7) is 9.11. The van der Waals surface area contributed by atoms with Gasteiger partial charge in [0.1, 0.15) is 33.7 Å². The lowest BCUT2D eigenvalue weighted by Crippen LogP contribution is -2.60. The van der Waals surface area contributed by atoms with Gasteiger partial charge in [-0.25, -0.2) is 17.9 Å². The van der Waals surface area contributed by atoms with Gasteiger partial charge in [-0.2, -0.15) is 4.80 Å². The number of amides is 4. The summed E-state index contributed by atoms with van der Waals surface area (Å²) in [6, 6.07) is 12.4. The van der Waals surface area contributed by atoms with Crippen LogP contribution in [0.3, 0.4) is 0 Å². The third-order valence-corrected chi connectivity index (χ3v) is 13.6. The molecule has 306 valence electrons. The third-order valence-electron chi connectivity index (χ3n) is 10.7. The summed E-state index contributed by atoms with van der Waals surface area (Å²) in [7, 11) is -2.80. The number of benzene rings is 1. The number of thiophene rings is 1. The van der Waals surface area contributed by atoms with Crippen LogP contribution in [-0.4, -0.2) is 99.7 Å². The summed E-state index contributed by atoms with van der Waals surface area (Å²) >= 11 is 0.946. The zero-order valence-electron chi connectivity index (χ0n) is 32.5. The van der Waals surface area contributed by atoms with Crippen molar-refractivity contribution in [3.63, 3.8) is 0 Å². The second kappa shape index (κ2) is 15.9. The van der Waals surface area contributed by atoms with E-state index in [4.69, 9.17) is 9.47 Å². The number of pyridine rings is 1. The van der Waals surface area contributed by atoms with Crippen LogP contribution in [0, 0.1) is 11.3 Å². The molecule has 5 atom stereocenters. The van der Waals surface area contributed by atoms with Gasteiger partial charge < -0.3 is 25.0 Å². The number of tetrazole rings is 1. The number of nitrogens with one attached hydrogen (secondary N) is 3. The average molecular weight is 832 g/mol. The molecule has 4 heterocycles. The molecule has 7 rings (SSSR count). The molecule has 1 aliphatic heterocycles. The first-order valence-corrected chi connectivity index (χ1v) is 21.2. The number of aromatic nitrogens is 5. The highest BCUT2D eigenvalue weighted by Crippen LogP contribution is 2.46. The molecule has 0 spiro atoms. The highest BCUT2D eigenvalue weighted by Gasteiger charge is 2.61. The van der Waals surface area contributed by atoms with Crippen LogP contribution < -0.4 is 20.1 Å². The second-order valence-electron chi connectivity index (χ2n) is 15.7. The molecule has 3 aliphatic rings. The first-order chi connectivity index (χ1) is 27.6. The number of nitrogens with zero attached hydrogens (tertiary/aromatic N) is 6. The number of carbonyl (C=O) groups is 4. The molecule has 4 amide bonds. The van der Waals surface area contributed by atoms with E-state index in [-0.39, 0.29) is 29.7 Å². The molecular formula is C39H45N9O8S2. The topological polar surface area (TPSA) is 217 Å². The largest absolute Gasteiger partial charge is 0.497 e. The fraction of sp³-hybridized carbons (Fsp3) is 0.436. The molecule has 58 heavy (non-hydrogen) atoms. The lowest BCUT2D eigenvalue weighted by atomic mass is 9.85. The highest BCUT2D eigenvalue weighted by molar-refractivity contribution is 7.92. The van der Waals surface area contributed by atoms with E-state index in [0.29, 0.717) is 27.7 Å². The van der Waals surface area contributed by atoms with Gasteiger partial charge in [0.25, 0.3) is 15.9 Å². The summed E-state index contributed by atoms with van der Waals surface area (Å²) in [5, 5.41) is 18.6. The molecule has 3 aromatic heterocycles. The standard InChI is InChI=1S/C39H45N9O8S2/c1-6-24-21-39(24,36(51)45-58(53,54)31-18-17-30(57-31)28-12-7-8-19-40-28)42-34(49)29-20-25(48-44-33(43-46-48)23-13-15-26(55-5)16-14-23)22-47(29)35(50)32(38(2,3)4)41-37(52)56-27-10-9-11-27/h6-8,12-19,24-25,27,29,32H,1,9-11,20-22H2,2-5H3,(H,41,52)(H,42,49)(H,45,51)/t24-,25-,29+,32-,39-/m1/s1. The number of hydrogen-bond acceptors (Lipinski definition) is 13. The molecule has 17 nitrogen and oxygen atoms in total. The van der Waals surface area contributed by atoms with Gasteiger partial charge in [-0.05, 0) is 84.8 Å². The van der Waals surface area contributed by atoms with Gasteiger partial charge in [0, 0.05) is 30.6 Å². The summed E-state index contributed by atoms with van der Waals surface area (Å²) in [4.78, 5) is 63.5. The van der Waals surface area contributed by atoms with Crippen molar-refractivity contribution in [3.05, 3.63) is 73.4 Å². The number of hydrogen-bond donors (Lipinski definition) is 3. The first kappa shape index (κ1) is 40.5. The molecule has 1 aromatic carbocycles. The maximum absolute atomic E-state index is 14.6. The van der Waals surface area contributed by atoms with Crippen LogP contribution in [0.1, 0.15) is 58.9 Å². The van der Waals surface area contributed by atoms with Crippen molar-refractivity contribution in [3.8, 4) is 27.7 Å². The van der Waals surface area contributed by atoms with Gasteiger partial charge in [-0.3, -0.25) is 19.4 Å². The van der Waals surface area contributed by atoms with Gasteiger partial charge in [-0.15, -0.1) is 28.1 Å². The minimum Gasteiger partial charge on any atom is -0.497 e. The quantitative estimate of drug-likeness (QED) is 0.164. The maximum Gasteiger partial charge on any atom is 0.408 e. The zero-order valence-corrected chi connectivity index (χ0v) is 34.1. The minimum absolute atomic E-state index is 0.0135. The van der Waals surface area contributed by atoms with Crippen molar-refractivity contribution < 1.29 is 37.1 Å². The minimum atomic E-state index is -4.36. The Hall–Kier alpha value is -5.69. The normalized spacial score (nSPS) is 22.3. The first-order valence-electron chi connectivity index (χ1n) is 18.9. The van der Waals surface area contributed by atoms with E-state index in [0.717, 1.165) is 30.6 Å². The van der Waals surface area contributed by atoms with E-state index >= 15 is 0 Å². The Kier molecular flexibility index (Phi) is 11.1. The summed E-state index contributed by atoms with van der Waals surface area (Å²) in [5.74, 6) is -1.86. The number of likely N-dealkylation sites (tertiary alicyclic amines) is 1. The van der Waals surface area contributed by atoms with Crippen LogP contribution in [-0.2, 0) is 29.1 Å². The smallest absolute Gasteiger partial charge is 0.408 e. The van der Waals surface area contributed by atoms with E-state index in [2.05, 4.69) is 42.3 Å². The predicted octanol–water partition coefficient (Wildman–Crippen LogP) is 3.87. The fourth-order valence-electron chi connectivity index (χ4n) is 7.03. The molecule has 3 N–H and O–H groups in total. The van der Waals surface area contributed by atoms with Crippen LogP contribution in [0.4, 0.5) is 4.79 Å². The van der Waals surface area contributed by atoms with Crippen molar-refractivity contribution in [1.29, 1.82) is 0 Å². The van der Waals surface area contributed by atoms with E-state index in [1.54, 1.807) is 82.6 Å². The lowest BCUT2D eigenvalue weighted by molar-refractivity contribution is -0.142. The van der Waals surface area contributed by atoms with Crippen LogP contribution >= 0.6 is 11.3 Å². The Morgan fingerprint density at radius 2 is 1.83 bits per heavy atom. The van der Waals surface area contributed by atoms with E-state index in [1.807, 2.05) is 0 Å². The predicted molar refractivity (Wildman–Crippen MR) is 212 cm³/mol. The molecule has 4 aromatic rings. The molecule has 0 radical (unpaired) electrons. The SMILES string of the molecule is C=C[C@@H]1C[C@]1(NC(=O)[C@@H]1C[C@@H](n2nnc(-c3ccc(OC)cc3)n2)CN1C(=O)[C@@H](NC(=O)OC1CCC1)C(C)(C)C)C(=O)NS(=O)(=O)c1ccc(-c2ccccn2)s1.